The van der Waals surface area contributed by atoms with Gasteiger partial charge in [-0.2, -0.15) is 4.98 Å². The van der Waals surface area contributed by atoms with Gasteiger partial charge in [-0.1, -0.05) is 92.8 Å². The van der Waals surface area contributed by atoms with E-state index in [9.17, 15) is 0 Å². The SMILES string of the molecule is C/C=C1\C(=C/Cc2ncnc3nc(N(c4ccccc4)C4C=CC=CC4)[nH]c23)c2ccccc2C1(C)C. The van der Waals surface area contributed by atoms with E-state index in [-0.39, 0.29) is 11.5 Å². The average Bonchev–Trinajstić information content (AvgIpc) is 3.45. The van der Waals surface area contributed by atoms with Gasteiger partial charge in [0.1, 0.15) is 11.8 Å². The quantitative estimate of drug-likeness (QED) is 0.324. The highest BCUT2D eigenvalue weighted by Gasteiger charge is 2.37. The van der Waals surface area contributed by atoms with Crippen molar-refractivity contribution in [2.45, 2.75) is 45.1 Å². The fourth-order valence-corrected chi connectivity index (χ4v) is 5.78. The first kappa shape index (κ1) is 23.2. The number of H-pyrrole nitrogens is 1. The molecule has 4 aromatic rings. The number of fused-ring (bicyclic) bond motifs is 2. The van der Waals surface area contributed by atoms with Crippen LogP contribution in [0.25, 0.3) is 16.7 Å². The molecule has 184 valence electrons. The lowest BCUT2D eigenvalue weighted by molar-refractivity contribution is 0.659. The maximum absolute atomic E-state index is 4.92. The Kier molecular flexibility index (Phi) is 5.84. The van der Waals surface area contributed by atoms with E-state index in [1.54, 1.807) is 6.33 Å². The van der Waals surface area contributed by atoms with Crippen LogP contribution in [0.3, 0.4) is 0 Å². The number of benzene rings is 2. The van der Waals surface area contributed by atoms with Crippen LogP contribution >= 0.6 is 0 Å². The van der Waals surface area contributed by atoms with Crippen LogP contribution in [0.15, 0.2) is 103 Å². The second kappa shape index (κ2) is 9.32. The number of hydrogen-bond donors (Lipinski definition) is 1. The number of para-hydroxylation sites is 1. The van der Waals surface area contributed by atoms with Gasteiger partial charge in [0.2, 0.25) is 5.95 Å². The molecule has 2 aromatic heterocycles. The van der Waals surface area contributed by atoms with Crippen molar-refractivity contribution in [3.63, 3.8) is 0 Å². The van der Waals surface area contributed by atoms with Crippen LogP contribution < -0.4 is 4.90 Å². The van der Waals surface area contributed by atoms with Gasteiger partial charge in [-0.15, -0.1) is 0 Å². The van der Waals surface area contributed by atoms with Gasteiger partial charge in [-0.05, 0) is 47.8 Å². The zero-order chi connectivity index (χ0) is 25.4. The number of aromatic nitrogens is 4. The Morgan fingerprint density at radius 2 is 1.84 bits per heavy atom. The third-order valence-corrected chi connectivity index (χ3v) is 7.55. The minimum Gasteiger partial charge on any atom is -0.321 e. The van der Waals surface area contributed by atoms with Crippen LogP contribution in [0.2, 0.25) is 0 Å². The topological polar surface area (TPSA) is 57.7 Å². The number of imidazole rings is 1. The molecule has 6 rings (SSSR count). The Labute approximate surface area is 218 Å². The minimum atomic E-state index is -0.0164. The molecule has 1 unspecified atom stereocenters. The molecule has 1 atom stereocenters. The number of rotatable bonds is 5. The van der Waals surface area contributed by atoms with Gasteiger partial charge in [0, 0.05) is 17.5 Å². The van der Waals surface area contributed by atoms with Crippen molar-refractivity contribution in [3.05, 3.63) is 120 Å². The van der Waals surface area contributed by atoms with Crippen LogP contribution in [0.5, 0.6) is 0 Å². The molecule has 0 spiro atoms. The summed E-state index contributed by atoms with van der Waals surface area (Å²) >= 11 is 0. The number of hydrogen-bond acceptors (Lipinski definition) is 4. The largest absolute Gasteiger partial charge is 0.321 e. The molecule has 0 aliphatic heterocycles. The van der Waals surface area contributed by atoms with Gasteiger partial charge in [-0.25, -0.2) is 9.97 Å². The molecule has 2 aromatic carbocycles. The van der Waals surface area contributed by atoms with E-state index in [1.165, 1.54) is 22.3 Å². The Bertz CT molecular complexity index is 1570. The standard InChI is InChI=1S/C32H31N5/c1-4-26-25(24-17-11-12-18-27(24)32(26,2)3)19-20-28-29-30(34-21-33-28)36-31(35-29)37(22-13-7-5-8-14-22)23-15-9-6-10-16-23/h4-15,17-19,21,23H,16,20H2,1-3H3,(H,33,34,35,36)/b25-19-,26-4+. The first-order chi connectivity index (χ1) is 18.1. The van der Waals surface area contributed by atoms with Crippen molar-refractivity contribution in [2.75, 3.05) is 4.90 Å². The van der Waals surface area contributed by atoms with Crippen LogP contribution in [0.1, 0.15) is 44.0 Å². The van der Waals surface area contributed by atoms with E-state index in [1.807, 2.05) is 6.07 Å². The van der Waals surface area contributed by atoms with Crippen molar-refractivity contribution in [3.8, 4) is 0 Å². The maximum atomic E-state index is 4.92. The van der Waals surface area contributed by atoms with Gasteiger partial charge in [0.15, 0.2) is 5.65 Å². The molecular weight excluding hydrogens is 454 g/mol. The summed E-state index contributed by atoms with van der Waals surface area (Å²) in [7, 11) is 0. The van der Waals surface area contributed by atoms with Gasteiger partial charge in [0.25, 0.3) is 0 Å². The molecule has 0 radical (unpaired) electrons. The lowest BCUT2D eigenvalue weighted by atomic mass is 9.82. The normalized spacial score (nSPS) is 20.1. The molecule has 2 aliphatic rings. The molecule has 0 saturated carbocycles. The Morgan fingerprint density at radius 1 is 1.03 bits per heavy atom. The number of aromatic amines is 1. The number of anilines is 2. The summed E-state index contributed by atoms with van der Waals surface area (Å²) in [5.74, 6) is 0.780. The molecule has 0 saturated heterocycles. The highest BCUT2D eigenvalue weighted by Crippen LogP contribution is 2.49. The van der Waals surface area contributed by atoms with Crippen LogP contribution in [-0.2, 0) is 11.8 Å². The molecule has 2 aliphatic carbocycles. The Hall–Kier alpha value is -4.25. The van der Waals surface area contributed by atoms with Crippen molar-refractivity contribution in [1.29, 1.82) is 0 Å². The first-order valence-corrected chi connectivity index (χ1v) is 12.9. The molecule has 2 heterocycles. The number of nitrogens with zero attached hydrogens (tertiary/aromatic N) is 4. The van der Waals surface area contributed by atoms with E-state index in [0.29, 0.717) is 12.1 Å². The van der Waals surface area contributed by atoms with Crippen molar-refractivity contribution < 1.29 is 0 Å². The lowest BCUT2D eigenvalue weighted by Gasteiger charge is -2.29. The Morgan fingerprint density at radius 3 is 2.62 bits per heavy atom. The molecule has 5 heteroatoms. The van der Waals surface area contributed by atoms with Gasteiger partial charge < -0.3 is 9.88 Å². The average molecular weight is 486 g/mol. The van der Waals surface area contributed by atoms with E-state index in [4.69, 9.17) is 4.98 Å². The lowest BCUT2D eigenvalue weighted by Crippen LogP contribution is -2.30. The highest BCUT2D eigenvalue weighted by atomic mass is 15.3. The predicted molar refractivity (Wildman–Crippen MR) is 152 cm³/mol. The summed E-state index contributed by atoms with van der Waals surface area (Å²) in [6.45, 7) is 6.74. The Balaban J connectivity index is 1.40. The predicted octanol–water partition coefficient (Wildman–Crippen LogP) is 7.24. The fraction of sp³-hybridized carbons (Fsp3) is 0.219. The smallest absolute Gasteiger partial charge is 0.210 e. The molecule has 37 heavy (non-hydrogen) atoms. The zero-order valence-corrected chi connectivity index (χ0v) is 21.5. The van der Waals surface area contributed by atoms with E-state index in [2.05, 4.69) is 126 Å². The fourth-order valence-electron chi connectivity index (χ4n) is 5.78. The van der Waals surface area contributed by atoms with Crippen molar-refractivity contribution in [1.82, 2.24) is 19.9 Å². The zero-order valence-electron chi connectivity index (χ0n) is 21.5. The van der Waals surface area contributed by atoms with Gasteiger partial charge in [0.05, 0.1) is 11.7 Å². The van der Waals surface area contributed by atoms with E-state index in [0.717, 1.165) is 29.3 Å². The third-order valence-electron chi connectivity index (χ3n) is 7.55. The molecular formula is C32H31N5. The molecule has 0 bridgehead atoms. The van der Waals surface area contributed by atoms with E-state index < -0.39 is 0 Å². The molecule has 1 N–H and O–H groups in total. The monoisotopic (exact) mass is 485 g/mol. The first-order valence-electron chi connectivity index (χ1n) is 12.9. The summed E-state index contributed by atoms with van der Waals surface area (Å²) in [4.78, 5) is 19.9. The minimum absolute atomic E-state index is 0.0164. The highest BCUT2D eigenvalue weighted by molar-refractivity contribution is 5.90. The maximum Gasteiger partial charge on any atom is 0.210 e. The van der Waals surface area contributed by atoms with Crippen LogP contribution in [0, 0.1) is 0 Å². The molecule has 0 amide bonds. The van der Waals surface area contributed by atoms with E-state index >= 15 is 0 Å². The summed E-state index contributed by atoms with van der Waals surface area (Å²) in [6.07, 6.45) is 16.4. The van der Waals surface area contributed by atoms with Crippen molar-refractivity contribution >= 4 is 28.4 Å². The summed E-state index contributed by atoms with van der Waals surface area (Å²) in [6, 6.07) is 19.3. The number of nitrogens with one attached hydrogen (secondary N) is 1. The van der Waals surface area contributed by atoms with Gasteiger partial charge >= 0.3 is 0 Å². The number of allylic oxidation sites excluding steroid dienone is 6. The van der Waals surface area contributed by atoms with Crippen LogP contribution in [0.4, 0.5) is 11.6 Å². The third kappa shape index (κ3) is 4.01. The molecule has 0 fully saturated rings. The van der Waals surface area contributed by atoms with Crippen molar-refractivity contribution in [2.24, 2.45) is 0 Å². The van der Waals surface area contributed by atoms with Crippen LogP contribution in [-0.4, -0.2) is 26.0 Å². The summed E-state index contributed by atoms with van der Waals surface area (Å²) in [5, 5.41) is 0. The molecule has 5 nitrogen and oxygen atoms in total. The van der Waals surface area contributed by atoms with Gasteiger partial charge in [-0.3, -0.25) is 0 Å². The summed E-state index contributed by atoms with van der Waals surface area (Å²) < 4.78 is 0. The summed E-state index contributed by atoms with van der Waals surface area (Å²) in [5.41, 5.74) is 8.93. The second-order valence-corrected chi connectivity index (χ2v) is 10.1. The second-order valence-electron chi connectivity index (χ2n) is 10.1.